The van der Waals surface area contributed by atoms with Crippen molar-refractivity contribution in [3.63, 3.8) is 0 Å². The summed E-state index contributed by atoms with van der Waals surface area (Å²) in [5.41, 5.74) is 5.54. The van der Waals surface area contributed by atoms with Gasteiger partial charge in [0.15, 0.2) is 5.03 Å². The molecule has 0 aromatic heterocycles. The van der Waals surface area contributed by atoms with E-state index in [4.69, 9.17) is 5.73 Å². The van der Waals surface area contributed by atoms with Crippen molar-refractivity contribution in [2.24, 2.45) is 5.73 Å². The van der Waals surface area contributed by atoms with Crippen LogP contribution in [0.4, 0.5) is 26.3 Å². The molecule has 232 valence electrons. The standard InChI is InChI=1S/C29H29F6N3O4S/c1-20(2)38(3)18-26(36)43(39,40)37-19-27(17-21-9-5-4-6-10-21,22-11-7-13-24(15-22)41-28(30,31)32)23-12-8-14-25(16-23)42-29(33,34)35/h4-16,18,37H,1,17,19,36H2,2-3H3/b26-18+. The van der Waals surface area contributed by atoms with E-state index in [9.17, 15) is 34.8 Å². The van der Waals surface area contributed by atoms with E-state index in [1.54, 1.807) is 37.3 Å². The normalized spacial score (nSPS) is 13.0. The second-order valence-corrected chi connectivity index (χ2v) is 11.4. The second kappa shape index (κ2) is 13.0. The molecule has 3 N–H and O–H groups in total. The fourth-order valence-corrected chi connectivity index (χ4v) is 5.14. The minimum Gasteiger partial charge on any atom is -0.406 e. The summed E-state index contributed by atoms with van der Waals surface area (Å²) in [6.07, 6.45) is -9.05. The molecular weight excluding hydrogens is 600 g/mol. The molecule has 0 atom stereocenters. The van der Waals surface area contributed by atoms with Crippen LogP contribution in [0.15, 0.2) is 102 Å². The van der Waals surface area contributed by atoms with Crippen LogP contribution in [0.25, 0.3) is 0 Å². The van der Waals surface area contributed by atoms with Crippen molar-refractivity contribution in [3.05, 3.63) is 119 Å². The van der Waals surface area contributed by atoms with Gasteiger partial charge in [0.05, 0.1) is 0 Å². The lowest BCUT2D eigenvalue weighted by Gasteiger charge is -2.36. The highest BCUT2D eigenvalue weighted by Crippen LogP contribution is 2.40. The summed E-state index contributed by atoms with van der Waals surface area (Å²) >= 11 is 0. The molecule has 0 bridgehead atoms. The average Bonchev–Trinajstić information content (AvgIpc) is 2.90. The van der Waals surface area contributed by atoms with Crippen molar-refractivity contribution in [2.45, 2.75) is 31.5 Å². The van der Waals surface area contributed by atoms with Crippen LogP contribution in [0.3, 0.4) is 0 Å². The molecule has 3 aromatic rings. The first-order chi connectivity index (χ1) is 19.9. The van der Waals surface area contributed by atoms with Crippen molar-refractivity contribution in [1.82, 2.24) is 9.62 Å². The molecule has 0 aliphatic heterocycles. The molecule has 0 aliphatic rings. The molecule has 3 aromatic carbocycles. The predicted octanol–water partition coefficient (Wildman–Crippen LogP) is 6.16. The first-order valence-electron chi connectivity index (χ1n) is 12.5. The predicted molar refractivity (Wildman–Crippen MR) is 149 cm³/mol. The highest BCUT2D eigenvalue weighted by atomic mass is 32.2. The minimum atomic E-state index is -5.04. The van der Waals surface area contributed by atoms with Crippen molar-refractivity contribution in [2.75, 3.05) is 13.6 Å². The van der Waals surface area contributed by atoms with E-state index in [0.717, 1.165) is 30.5 Å². The van der Waals surface area contributed by atoms with Crippen LogP contribution in [0.5, 0.6) is 11.5 Å². The van der Waals surface area contributed by atoms with E-state index in [1.807, 2.05) is 0 Å². The highest BCUT2D eigenvalue weighted by molar-refractivity contribution is 7.93. The van der Waals surface area contributed by atoms with Gasteiger partial charge in [-0.2, -0.15) is 0 Å². The fraction of sp³-hybridized carbons (Fsp3) is 0.241. The highest BCUT2D eigenvalue weighted by Gasteiger charge is 2.39. The number of nitrogens with one attached hydrogen (secondary N) is 1. The zero-order valence-electron chi connectivity index (χ0n) is 23.0. The lowest BCUT2D eigenvalue weighted by Crippen LogP contribution is -2.44. The van der Waals surface area contributed by atoms with Crippen molar-refractivity contribution < 1.29 is 44.2 Å². The van der Waals surface area contributed by atoms with Crippen molar-refractivity contribution in [1.29, 1.82) is 0 Å². The Morgan fingerprint density at radius 1 is 0.884 bits per heavy atom. The van der Waals surface area contributed by atoms with Gasteiger partial charge in [-0.15, -0.1) is 26.3 Å². The smallest absolute Gasteiger partial charge is 0.406 e. The number of nitrogens with zero attached hydrogens (tertiary/aromatic N) is 1. The molecular formula is C29H29F6N3O4S. The largest absolute Gasteiger partial charge is 0.573 e. The maximum atomic E-state index is 13.3. The topological polar surface area (TPSA) is 93.9 Å². The number of rotatable bonds is 12. The van der Waals surface area contributed by atoms with E-state index in [2.05, 4.69) is 20.8 Å². The molecule has 0 radical (unpaired) electrons. The molecule has 0 aliphatic carbocycles. The van der Waals surface area contributed by atoms with Gasteiger partial charge in [0.25, 0.3) is 10.0 Å². The van der Waals surface area contributed by atoms with Crippen LogP contribution in [0.2, 0.25) is 0 Å². The van der Waals surface area contributed by atoms with E-state index >= 15 is 0 Å². The Morgan fingerprint density at radius 2 is 1.37 bits per heavy atom. The Kier molecular flexibility index (Phi) is 10.1. The number of ether oxygens (including phenoxy) is 2. The maximum absolute atomic E-state index is 13.3. The summed E-state index contributed by atoms with van der Waals surface area (Å²) in [7, 11) is -2.91. The Morgan fingerprint density at radius 3 is 1.81 bits per heavy atom. The Bertz CT molecular complexity index is 1500. The van der Waals surface area contributed by atoms with Gasteiger partial charge in [0.1, 0.15) is 11.5 Å². The summed E-state index contributed by atoms with van der Waals surface area (Å²) in [6.45, 7) is 4.77. The van der Waals surface area contributed by atoms with E-state index in [-0.39, 0.29) is 17.5 Å². The Hall–Kier alpha value is -4.17. The van der Waals surface area contributed by atoms with Gasteiger partial charge in [-0.25, -0.2) is 13.1 Å². The quantitative estimate of drug-likeness (QED) is 0.234. The average molecular weight is 630 g/mol. The number of alkyl halides is 6. The van der Waals surface area contributed by atoms with Gasteiger partial charge in [0, 0.05) is 30.9 Å². The van der Waals surface area contributed by atoms with E-state index < -0.39 is 51.2 Å². The molecule has 14 heteroatoms. The first kappa shape index (κ1) is 33.3. The van der Waals surface area contributed by atoms with Crippen LogP contribution >= 0.6 is 0 Å². The molecule has 7 nitrogen and oxygen atoms in total. The van der Waals surface area contributed by atoms with Gasteiger partial charge >= 0.3 is 12.7 Å². The van der Waals surface area contributed by atoms with Crippen molar-refractivity contribution in [3.8, 4) is 11.5 Å². The lowest BCUT2D eigenvalue weighted by molar-refractivity contribution is -0.275. The molecule has 0 spiro atoms. The lowest BCUT2D eigenvalue weighted by atomic mass is 9.70. The molecule has 0 saturated carbocycles. The van der Waals surface area contributed by atoms with Gasteiger partial charge in [0.2, 0.25) is 0 Å². The number of allylic oxidation sites excluding steroid dienone is 1. The van der Waals surface area contributed by atoms with Crippen molar-refractivity contribution >= 4 is 10.0 Å². The summed E-state index contributed by atoms with van der Waals surface area (Å²) in [5.74, 6) is -1.23. The monoisotopic (exact) mass is 629 g/mol. The van der Waals surface area contributed by atoms with Gasteiger partial charge in [-0.1, -0.05) is 61.2 Å². The molecule has 0 amide bonds. The Labute approximate surface area is 245 Å². The van der Waals surface area contributed by atoms with Gasteiger partial charge < -0.3 is 20.1 Å². The molecule has 43 heavy (non-hydrogen) atoms. The summed E-state index contributed by atoms with van der Waals surface area (Å²) in [6, 6.07) is 18.0. The molecule has 3 rings (SSSR count). The van der Waals surface area contributed by atoms with Crippen LogP contribution in [-0.4, -0.2) is 39.6 Å². The van der Waals surface area contributed by atoms with Gasteiger partial charge in [-0.05, 0) is 54.3 Å². The zero-order chi connectivity index (χ0) is 32.1. The number of benzene rings is 3. The number of hydrogen-bond donors (Lipinski definition) is 2. The number of sulfonamides is 1. The van der Waals surface area contributed by atoms with Crippen LogP contribution in [0, 0.1) is 0 Å². The van der Waals surface area contributed by atoms with E-state index in [1.165, 1.54) is 36.2 Å². The van der Waals surface area contributed by atoms with Crippen LogP contribution in [-0.2, 0) is 21.9 Å². The minimum absolute atomic E-state index is 0.0728. The van der Waals surface area contributed by atoms with E-state index in [0.29, 0.717) is 11.3 Å². The number of hydrogen-bond acceptors (Lipinski definition) is 6. The maximum Gasteiger partial charge on any atom is 0.573 e. The molecule has 0 unspecified atom stereocenters. The third-order valence-electron chi connectivity index (χ3n) is 6.39. The SMILES string of the molecule is C=C(C)N(C)/C=C(\N)S(=O)(=O)NCC(Cc1ccccc1)(c1cccc(OC(F)(F)F)c1)c1cccc(OC(F)(F)F)c1. The van der Waals surface area contributed by atoms with Gasteiger partial charge in [-0.3, -0.25) is 0 Å². The number of nitrogens with two attached hydrogens (primary N) is 1. The molecule has 0 heterocycles. The second-order valence-electron chi connectivity index (χ2n) is 9.60. The summed E-state index contributed by atoms with van der Waals surface area (Å²) in [5, 5.41) is -0.602. The summed E-state index contributed by atoms with van der Waals surface area (Å²) < 4.78 is 116. The zero-order valence-corrected chi connectivity index (χ0v) is 23.9. The summed E-state index contributed by atoms with van der Waals surface area (Å²) in [4.78, 5) is 1.36. The third-order valence-corrected chi connectivity index (χ3v) is 7.64. The Balaban J connectivity index is 2.26. The number of halogens is 6. The first-order valence-corrected chi connectivity index (χ1v) is 14.0. The fourth-order valence-electron chi connectivity index (χ4n) is 4.24. The molecule has 0 saturated heterocycles. The van der Waals surface area contributed by atoms with Crippen LogP contribution < -0.4 is 19.9 Å². The molecule has 0 fully saturated rings. The van der Waals surface area contributed by atoms with Crippen LogP contribution in [0.1, 0.15) is 23.6 Å². The third kappa shape index (κ3) is 9.41.